The molecule has 0 spiro atoms. The van der Waals surface area contributed by atoms with Crippen LogP contribution in [0.25, 0.3) is 11.0 Å². The second kappa shape index (κ2) is 10.8. The predicted molar refractivity (Wildman–Crippen MR) is 134 cm³/mol. The number of benzene rings is 3. The number of non-ortho nitro benzene ring substituents is 1. The molecule has 10 heteroatoms. The molecule has 4 aromatic rings. The van der Waals surface area contributed by atoms with Gasteiger partial charge in [-0.1, -0.05) is 28.1 Å². The highest BCUT2D eigenvalue weighted by molar-refractivity contribution is 9.10. The average Bonchev–Trinajstić information content (AvgIpc) is 3.27. The molecule has 0 aliphatic heterocycles. The summed E-state index contributed by atoms with van der Waals surface area (Å²) >= 11 is 3.41. The third kappa shape index (κ3) is 6.04. The molecule has 9 nitrogen and oxygen atoms in total. The zero-order chi connectivity index (χ0) is 24.8. The van der Waals surface area contributed by atoms with Crippen LogP contribution >= 0.6 is 15.9 Å². The minimum absolute atomic E-state index is 0.00824. The van der Waals surface area contributed by atoms with E-state index >= 15 is 0 Å². The summed E-state index contributed by atoms with van der Waals surface area (Å²) in [5.41, 5.74) is 4.24. The van der Waals surface area contributed by atoms with E-state index in [1.165, 1.54) is 18.3 Å². The Morgan fingerprint density at radius 1 is 1.14 bits per heavy atom. The van der Waals surface area contributed by atoms with Crippen molar-refractivity contribution in [2.24, 2.45) is 5.10 Å². The maximum absolute atomic E-state index is 12.5. The van der Waals surface area contributed by atoms with Gasteiger partial charge in [0.25, 0.3) is 5.69 Å². The Morgan fingerprint density at radius 3 is 2.80 bits per heavy atom. The number of hydrogen-bond donors (Lipinski definition) is 1. The predicted octanol–water partition coefficient (Wildman–Crippen LogP) is 5.85. The second-order valence-electron chi connectivity index (χ2n) is 7.34. The second-order valence-corrected chi connectivity index (χ2v) is 8.26. The van der Waals surface area contributed by atoms with Crippen LogP contribution < -0.4 is 14.9 Å². The van der Waals surface area contributed by atoms with Crippen molar-refractivity contribution in [3.63, 3.8) is 0 Å². The Kier molecular flexibility index (Phi) is 7.41. The molecule has 4 rings (SSSR count). The molecule has 1 aromatic heterocycles. The SMILES string of the molecule is CCOc1ccc2oc(C(=O)N/N=C/c3cc(Br)ccc3OCc3cccc([N+](=O)[O-])c3)cc2c1. The van der Waals surface area contributed by atoms with Gasteiger partial charge in [-0.3, -0.25) is 14.9 Å². The van der Waals surface area contributed by atoms with Crippen molar-refractivity contribution < 1.29 is 23.6 Å². The topological polar surface area (TPSA) is 116 Å². The van der Waals surface area contributed by atoms with Crippen molar-refractivity contribution in [2.45, 2.75) is 13.5 Å². The van der Waals surface area contributed by atoms with Crippen LogP contribution in [-0.4, -0.2) is 23.7 Å². The first-order chi connectivity index (χ1) is 16.9. The van der Waals surface area contributed by atoms with Gasteiger partial charge in [-0.05, 0) is 55.0 Å². The molecular formula is C25H20BrN3O6. The van der Waals surface area contributed by atoms with E-state index in [0.717, 1.165) is 9.86 Å². The molecular weight excluding hydrogens is 518 g/mol. The van der Waals surface area contributed by atoms with Crippen molar-refractivity contribution in [2.75, 3.05) is 6.61 Å². The minimum Gasteiger partial charge on any atom is -0.494 e. The summed E-state index contributed by atoms with van der Waals surface area (Å²) in [5.74, 6) is 0.787. The van der Waals surface area contributed by atoms with Crippen LogP contribution in [0.1, 0.15) is 28.6 Å². The number of fused-ring (bicyclic) bond motifs is 1. The summed E-state index contributed by atoms with van der Waals surface area (Å²) in [5, 5.41) is 15.8. The summed E-state index contributed by atoms with van der Waals surface area (Å²) < 4.78 is 17.7. The van der Waals surface area contributed by atoms with E-state index in [4.69, 9.17) is 13.9 Å². The van der Waals surface area contributed by atoms with Gasteiger partial charge < -0.3 is 13.9 Å². The summed E-state index contributed by atoms with van der Waals surface area (Å²) in [7, 11) is 0. The maximum Gasteiger partial charge on any atom is 0.307 e. The molecule has 1 N–H and O–H groups in total. The number of amides is 1. The number of nitrogens with zero attached hydrogens (tertiary/aromatic N) is 2. The molecule has 0 aliphatic carbocycles. The maximum atomic E-state index is 12.5. The fraction of sp³-hybridized carbons (Fsp3) is 0.120. The first-order valence-corrected chi connectivity index (χ1v) is 11.4. The lowest BCUT2D eigenvalue weighted by atomic mass is 10.2. The molecule has 178 valence electrons. The van der Waals surface area contributed by atoms with Crippen molar-refractivity contribution in [3.8, 4) is 11.5 Å². The summed E-state index contributed by atoms with van der Waals surface area (Å²) in [6.07, 6.45) is 1.45. The van der Waals surface area contributed by atoms with Crippen LogP contribution in [0.5, 0.6) is 11.5 Å². The van der Waals surface area contributed by atoms with Gasteiger partial charge >= 0.3 is 5.91 Å². The van der Waals surface area contributed by atoms with E-state index in [1.807, 2.05) is 6.92 Å². The number of nitro groups is 1. The number of carbonyl (C=O) groups is 1. The van der Waals surface area contributed by atoms with E-state index in [-0.39, 0.29) is 18.1 Å². The fourth-order valence-corrected chi connectivity index (χ4v) is 3.66. The van der Waals surface area contributed by atoms with Gasteiger partial charge in [0.15, 0.2) is 5.76 Å². The zero-order valence-electron chi connectivity index (χ0n) is 18.6. The standard InChI is InChI=1S/C25H20BrN3O6/c1-2-33-21-7-9-23-17(12-21)13-24(35-23)25(30)28-27-14-18-11-19(26)6-8-22(18)34-15-16-4-3-5-20(10-16)29(31)32/h3-14H,2,15H2,1H3,(H,28,30)/b27-14+. The molecule has 35 heavy (non-hydrogen) atoms. The molecule has 0 radical (unpaired) electrons. The Labute approximate surface area is 208 Å². The number of hydrogen-bond acceptors (Lipinski definition) is 7. The van der Waals surface area contributed by atoms with Crippen LogP contribution in [0.15, 0.2) is 80.7 Å². The monoisotopic (exact) mass is 537 g/mol. The zero-order valence-corrected chi connectivity index (χ0v) is 20.2. The van der Waals surface area contributed by atoms with Gasteiger partial charge in [0, 0.05) is 27.6 Å². The van der Waals surface area contributed by atoms with Gasteiger partial charge in [-0.2, -0.15) is 5.10 Å². The van der Waals surface area contributed by atoms with Crippen LogP contribution in [-0.2, 0) is 6.61 Å². The number of ether oxygens (including phenoxy) is 2. The summed E-state index contributed by atoms with van der Waals surface area (Å²) in [4.78, 5) is 23.0. The Morgan fingerprint density at radius 2 is 2.00 bits per heavy atom. The molecule has 0 saturated carbocycles. The Hall–Kier alpha value is -4.18. The van der Waals surface area contributed by atoms with Gasteiger partial charge in [-0.25, -0.2) is 5.43 Å². The number of furan rings is 1. The highest BCUT2D eigenvalue weighted by Gasteiger charge is 2.13. The van der Waals surface area contributed by atoms with E-state index in [0.29, 0.717) is 34.8 Å². The van der Waals surface area contributed by atoms with Crippen LogP contribution in [0, 0.1) is 10.1 Å². The number of nitro benzene ring substituents is 1. The van der Waals surface area contributed by atoms with E-state index in [2.05, 4.69) is 26.5 Å². The van der Waals surface area contributed by atoms with Crippen LogP contribution in [0.4, 0.5) is 5.69 Å². The lowest BCUT2D eigenvalue weighted by molar-refractivity contribution is -0.384. The van der Waals surface area contributed by atoms with Crippen molar-refractivity contribution >= 4 is 44.7 Å². The lowest BCUT2D eigenvalue weighted by Crippen LogP contribution is -2.16. The van der Waals surface area contributed by atoms with E-state index in [9.17, 15) is 14.9 Å². The first-order valence-electron chi connectivity index (χ1n) is 10.6. The van der Waals surface area contributed by atoms with Crippen molar-refractivity contribution in [3.05, 3.63) is 98.2 Å². The molecule has 0 fully saturated rings. The molecule has 3 aromatic carbocycles. The third-order valence-electron chi connectivity index (χ3n) is 4.88. The lowest BCUT2D eigenvalue weighted by Gasteiger charge is -2.09. The quantitative estimate of drug-likeness (QED) is 0.163. The Bertz CT molecular complexity index is 1420. The smallest absolute Gasteiger partial charge is 0.307 e. The van der Waals surface area contributed by atoms with Gasteiger partial charge in [0.2, 0.25) is 0 Å². The molecule has 0 saturated heterocycles. The number of carbonyl (C=O) groups excluding carboxylic acids is 1. The Balaban J connectivity index is 1.44. The van der Waals surface area contributed by atoms with Crippen molar-refractivity contribution in [1.29, 1.82) is 0 Å². The summed E-state index contributed by atoms with van der Waals surface area (Å²) in [6.45, 7) is 2.56. The average molecular weight is 538 g/mol. The van der Waals surface area contributed by atoms with Crippen LogP contribution in [0.2, 0.25) is 0 Å². The third-order valence-corrected chi connectivity index (χ3v) is 5.37. The highest BCUT2D eigenvalue weighted by atomic mass is 79.9. The molecule has 0 unspecified atom stereocenters. The fourth-order valence-electron chi connectivity index (χ4n) is 3.28. The van der Waals surface area contributed by atoms with E-state index < -0.39 is 10.8 Å². The molecule has 0 atom stereocenters. The van der Waals surface area contributed by atoms with E-state index in [1.54, 1.807) is 54.6 Å². The van der Waals surface area contributed by atoms with Gasteiger partial charge in [0.1, 0.15) is 23.7 Å². The van der Waals surface area contributed by atoms with Gasteiger partial charge in [0.05, 0.1) is 17.7 Å². The largest absolute Gasteiger partial charge is 0.494 e. The molecule has 1 heterocycles. The molecule has 1 amide bonds. The molecule has 0 bridgehead atoms. The number of halogens is 1. The number of nitrogens with one attached hydrogen (secondary N) is 1. The minimum atomic E-state index is -0.510. The van der Waals surface area contributed by atoms with Crippen molar-refractivity contribution in [1.82, 2.24) is 5.43 Å². The van der Waals surface area contributed by atoms with Crippen LogP contribution in [0.3, 0.4) is 0 Å². The number of rotatable bonds is 9. The van der Waals surface area contributed by atoms with Gasteiger partial charge in [-0.15, -0.1) is 0 Å². The highest BCUT2D eigenvalue weighted by Crippen LogP contribution is 2.25. The first kappa shape index (κ1) is 24.0. The number of hydrazone groups is 1. The molecule has 0 aliphatic rings. The summed E-state index contributed by atoms with van der Waals surface area (Å²) in [6, 6.07) is 18.5. The normalized spacial score (nSPS) is 11.0.